The van der Waals surface area contributed by atoms with E-state index in [4.69, 9.17) is 28.9 Å². The number of hydrogen-bond acceptors (Lipinski definition) is 2. The molecule has 2 nitrogen and oxygen atoms in total. The molecule has 1 aliphatic rings. The van der Waals surface area contributed by atoms with Crippen LogP contribution in [0.4, 0.5) is 0 Å². The molecule has 1 aromatic carbocycles. The van der Waals surface area contributed by atoms with Crippen LogP contribution in [-0.4, -0.2) is 11.2 Å². The van der Waals surface area contributed by atoms with E-state index < -0.39 is 6.10 Å². The molecule has 0 amide bonds. The normalized spacial score (nSPS) is 26.0. The monoisotopic (exact) mass is 231 g/mol. The van der Waals surface area contributed by atoms with Crippen molar-refractivity contribution in [2.45, 2.75) is 25.0 Å². The van der Waals surface area contributed by atoms with Crippen molar-refractivity contribution in [2.75, 3.05) is 0 Å². The molecule has 2 unspecified atom stereocenters. The maximum Gasteiger partial charge on any atom is 0.0736 e. The van der Waals surface area contributed by atoms with Gasteiger partial charge < -0.3 is 10.8 Å². The zero-order valence-electron chi connectivity index (χ0n) is 7.50. The van der Waals surface area contributed by atoms with Crippen LogP contribution >= 0.6 is 23.2 Å². The molecule has 0 heterocycles. The van der Waals surface area contributed by atoms with Crippen LogP contribution in [0.25, 0.3) is 0 Å². The van der Waals surface area contributed by atoms with E-state index in [1.807, 2.05) is 0 Å². The standard InChI is InChI=1S/C10H11Cl2NO/c11-5-3-7-6(8(12)4-5)1-2-9(14)10(7)13/h3-4,9-10,14H,1-2,13H2. The van der Waals surface area contributed by atoms with Crippen molar-refractivity contribution >= 4 is 23.2 Å². The molecular formula is C10H11Cl2NO. The Hall–Kier alpha value is -0.280. The number of nitrogens with two attached hydrogens (primary N) is 1. The van der Waals surface area contributed by atoms with E-state index in [9.17, 15) is 5.11 Å². The molecule has 14 heavy (non-hydrogen) atoms. The van der Waals surface area contributed by atoms with Crippen LogP contribution in [0, 0.1) is 0 Å². The minimum atomic E-state index is -0.489. The van der Waals surface area contributed by atoms with Crippen molar-refractivity contribution in [1.82, 2.24) is 0 Å². The Morgan fingerprint density at radius 1 is 1.36 bits per heavy atom. The van der Waals surface area contributed by atoms with Crippen LogP contribution in [-0.2, 0) is 6.42 Å². The summed E-state index contributed by atoms with van der Waals surface area (Å²) in [4.78, 5) is 0. The largest absolute Gasteiger partial charge is 0.391 e. The summed E-state index contributed by atoms with van der Waals surface area (Å²) in [5.74, 6) is 0. The predicted molar refractivity (Wildman–Crippen MR) is 57.7 cm³/mol. The molecule has 0 spiro atoms. The fourth-order valence-electron chi connectivity index (χ4n) is 1.86. The van der Waals surface area contributed by atoms with Crippen molar-refractivity contribution in [3.05, 3.63) is 33.3 Å². The molecule has 1 aliphatic carbocycles. The molecule has 1 aromatic rings. The summed E-state index contributed by atoms with van der Waals surface area (Å²) in [7, 11) is 0. The Bertz CT molecular complexity index is 367. The minimum absolute atomic E-state index is 0.366. The SMILES string of the molecule is NC1c2cc(Cl)cc(Cl)c2CCC1O. The maximum absolute atomic E-state index is 9.60. The van der Waals surface area contributed by atoms with E-state index in [1.165, 1.54) is 0 Å². The highest BCUT2D eigenvalue weighted by Crippen LogP contribution is 2.35. The fraction of sp³-hybridized carbons (Fsp3) is 0.400. The number of hydrogen-bond donors (Lipinski definition) is 2. The van der Waals surface area contributed by atoms with Gasteiger partial charge in [-0.1, -0.05) is 23.2 Å². The Morgan fingerprint density at radius 2 is 2.07 bits per heavy atom. The van der Waals surface area contributed by atoms with E-state index in [0.717, 1.165) is 17.5 Å². The Kier molecular flexibility index (Phi) is 2.71. The lowest BCUT2D eigenvalue weighted by Crippen LogP contribution is -2.31. The van der Waals surface area contributed by atoms with Crippen LogP contribution in [0.15, 0.2) is 12.1 Å². The first kappa shape index (κ1) is 10.2. The van der Waals surface area contributed by atoms with Crippen molar-refractivity contribution in [2.24, 2.45) is 5.73 Å². The third kappa shape index (κ3) is 1.63. The smallest absolute Gasteiger partial charge is 0.0736 e. The van der Waals surface area contributed by atoms with Crippen molar-refractivity contribution in [3.63, 3.8) is 0 Å². The van der Waals surface area contributed by atoms with Crippen LogP contribution < -0.4 is 5.73 Å². The van der Waals surface area contributed by atoms with Crippen LogP contribution in [0.2, 0.25) is 10.0 Å². The van der Waals surface area contributed by atoms with E-state index in [0.29, 0.717) is 16.5 Å². The summed E-state index contributed by atoms with van der Waals surface area (Å²) >= 11 is 11.9. The van der Waals surface area contributed by atoms with Gasteiger partial charge in [-0.15, -0.1) is 0 Å². The molecule has 3 N–H and O–H groups in total. The molecule has 0 saturated carbocycles. The highest BCUT2D eigenvalue weighted by Gasteiger charge is 2.26. The quantitative estimate of drug-likeness (QED) is 0.720. The van der Waals surface area contributed by atoms with Crippen LogP contribution in [0.1, 0.15) is 23.6 Å². The Labute approximate surface area is 92.6 Å². The number of benzene rings is 1. The van der Waals surface area contributed by atoms with E-state index in [1.54, 1.807) is 12.1 Å². The summed E-state index contributed by atoms with van der Waals surface area (Å²) in [5, 5.41) is 10.8. The molecule has 4 heteroatoms. The number of halogens is 2. The Morgan fingerprint density at radius 3 is 2.79 bits per heavy atom. The first-order valence-electron chi connectivity index (χ1n) is 4.51. The first-order chi connectivity index (χ1) is 6.59. The van der Waals surface area contributed by atoms with Crippen molar-refractivity contribution in [1.29, 1.82) is 0 Å². The zero-order valence-corrected chi connectivity index (χ0v) is 9.02. The molecular weight excluding hydrogens is 221 g/mol. The zero-order chi connectivity index (χ0) is 10.3. The minimum Gasteiger partial charge on any atom is -0.391 e. The number of fused-ring (bicyclic) bond motifs is 1. The van der Waals surface area contributed by atoms with Gasteiger partial charge in [-0.3, -0.25) is 0 Å². The molecule has 0 radical (unpaired) electrons. The van der Waals surface area contributed by atoms with Gasteiger partial charge in [0.05, 0.1) is 12.1 Å². The van der Waals surface area contributed by atoms with Gasteiger partial charge in [0.15, 0.2) is 0 Å². The maximum atomic E-state index is 9.60. The highest BCUT2D eigenvalue weighted by molar-refractivity contribution is 6.35. The Balaban J connectivity index is 2.54. The van der Waals surface area contributed by atoms with E-state index in [2.05, 4.69) is 0 Å². The van der Waals surface area contributed by atoms with Gasteiger partial charge in [0, 0.05) is 10.0 Å². The van der Waals surface area contributed by atoms with Gasteiger partial charge in [-0.25, -0.2) is 0 Å². The summed E-state index contributed by atoms with van der Waals surface area (Å²) < 4.78 is 0. The molecule has 0 fully saturated rings. The van der Waals surface area contributed by atoms with Gasteiger partial charge >= 0.3 is 0 Å². The van der Waals surface area contributed by atoms with E-state index >= 15 is 0 Å². The van der Waals surface area contributed by atoms with Crippen molar-refractivity contribution in [3.8, 4) is 0 Å². The lowest BCUT2D eigenvalue weighted by molar-refractivity contribution is 0.128. The van der Waals surface area contributed by atoms with Gasteiger partial charge in [-0.2, -0.15) is 0 Å². The highest BCUT2D eigenvalue weighted by atomic mass is 35.5. The number of rotatable bonds is 0. The van der Waals surface area contributed by atoms with Crippen molar-refractivity contribution < 1.29 is 5.11 Å². The number of aliphatic hydroxyl groups excluding tert-OH is 1. The van der Waals surface area contributed by atoms with Gasteiger partial charge in [0.25, 0.3) is 0 Å². The van der Waals surface area contributed by atoms with E-state index in [-0.39, 0.29) is 6.04 Å². The molecule has 0 bridgehead atoms. The molecule has 0 aliphatic heterocycles. The second kappa shape index (κ2) is 3.70. The third-order valence-corrected chi connectivity index (χ3v) is 3.21. The van der Waals surface area contributed by atoms with Gasteiger partial charge in [0.2, 0.25) is 0 Å². The molecule has 2 rings (SSSR count). The lowest BCUT2D eigenvalue weighted by Gasteiger charge is -2.28. The molecule has 0 saturated heterocycles. The second-order valence-corrected chi connectivity index (χ2v) is 4.43. The van der Waals surface area contributed by atoms with Gasteiger partial charge in [0.1, 0.15) is 0 Å². The van der Waals surface area contributed by atoms with Crippen LogP contribution in [0.5, 0.6) is 0 Å². The second-order valence-electron chi connectivity index (χ2n) is 3.59. The molecule has 2 atom stereocenters. The fourth-order valence-corrected chi connectivity index (χ4v) is 2.47. The lowest BCUT2D eigenvalue weighted by atomic mass is 9.86. The van der Waals surface area contributed by atoms with Crippen LogP contribution in [0.3, 0.4) is 0 Å². The topological polar surface area (TPSA) is 46.2 Å². The average molecular weight is 232 g/mol. The summed E-state index contributed by atoms with van der Waals surface area (Å²) in [6, 6.07) is 3.14. The average Bonchev–Trinajstić information content (AvgIpc) is 2.12. The van der Waals surface area contributed by atoms with Gasteiger partial charge in [-0.05, 0) is 36.1 Å². The first-order valence-corrected chi connectivity index (χ1v) is 5.26. The summed E-state index contributed by atoms with van der Waals surface area (Å²) in [6.07, 6.45) is 0.937. The predicted octanol–water partition coefficient (Wildman–Crippen LogP) is 2.30. The third-order valence-electron chi connectivity index (χ3n) is 2.66. The number of aliphatic hydroxyl groups is 1. The molecule has 0 aromatic heterocycles. The summed E-state index contributed by atoms with van der Waals surface area (Å²) in [5.41, 5.74) is 7.76. The molecule has 76 valence electrons. The summed E-state index contributed by atoms with van der Waals surface area (Å²) in [6.45, 7) is 0.